The molecule has 2 fully saturated rings. The molecular weight excluding hydrogens is 566 g/mol. The number of ether oxygens (including phenoxy) is 2. The predicted octanol–water partition coefficient (Wildman–Crippen LogP) is 3.34. The number of anilines is 1. The van der Waals surface area contributed by atoms with E-state index in [1.54, 1.807) is 11.1 Å². The summed E-state index contributed by atoms with van der Waals surface area (Å²) in [6.07, 6.45) is 7.98. The lowest BCUT2D eigenvalue weighted by atomic mass is 9.96. The Hall–Kier alpha value is -4.19. The third kappa shape index (κ3) is 10.8. The Bertz CT molecular complexity index is 1210. The number of amides is 3. The van der Waals surface area contributed by atoms with Gasteiger partial charge < -0.3 is 35.4 Å². The molecule has 3 amide bonds. The van der Waals surface area contributed by atoms with Gasteiger partial charge in [-0.3, -0.25) is 9.59 Å². The van der Waals surface area contributed by atoms with Gasteiger partial charge in [-0.25, -0.2) is 14.6 Å². The lowest BCUT2D eigenvalue weighted by Crippen LogP contribution is -2.49. The molecule has 3 atom stereocenters. The van der Waals surface area contributed by atoms with Crippen LogP contribution < -0.4 is 16.0 Å². The molecule has 44 heavy (non-hydrogen) atoms. The third-order valence-electron chi connectivity index (χ3n) is 8.04. The number of carboxylic acids is 1. The molecule has 1 saturated carbocycles. The lowest BCUT2D eigenvalue weighted by Gasteiger charge is -2.24. The Kier molecular flexibility index (Phi) is 12.8. The molecule has 1 saturated heterocycles. The quantitative estimate of drug-likeness (QED) is 0.236. The molecule has 12 nitrogen and oxygen atoms in total. The fourth-order valence-corrected chi connectivity index (χ4v) is 5.65. The van der Waals surface area contributed by atoms with E-state index in [1.165, 1.54) is 12.8 Å². The number of aromatic nitrogens is 1. The summed E-state index contributed by atoms with van der Waals surface area (Å²) < 4.78 is 11.4. The van der Waals surface area contributed by atoms with E-state index in [1.807, 2.05) is 48.5 Å². The minimum absolute atomic E-state index is 0.131. The van der Waals surface area contributed by atoms with Gasteiger partial charge in [-0.1, -0.05) is 62.1 Å². The molecule has 2 aliphatic rings. The molecule has 2 heterocycles. The molecule has 1 aromatic carbocycles. The van der Waals surface area contributed by atoms with E-state index in [0.29, 0.717) is 25.2 Å². The van der Waals surface area contributed by atoms with Crippen LogP contribution in [0.4, 0.5) is 10.6 Å². The van der Waals surface area contributed by atoms with Gasteiger partial charge in [-0.15, -0.1) is 0 Å². The summed E-state index contributed by atoms with van der Waals surface area (Å²) in [4.78, 5) is 55.7. The fourth-order valence-electron chi connectivity index (χ4n) is 5.65. The molecule has 1 aromatic heterocycles. The summed E-state index contributed by atoms with van der Waals surface area (Å²) in [6, 6.07) is 13.4. The number of carbonyl (C=O) groups is 4. The molecule has 3 unspecified atom stereocenters. The molecule has 0 bridgehead atoms. The van der Waals surface area contributed by atoms with E-state index >= 15 is 0 Å². The number of likely N-dealkylation sites (tertiary alicyclic amines) is 1. The number of aliphatic carboxylic acids is 1. The second kappa shape index (κ2) is 17.2. The van der Waals surface area contributed by atoms with Crippen LogP contribution in [0.2, 0.25) is 0 Å². The second-order valence-corrected chi connectivity index (χ2v) is 11.4. The smallest absolute Gasteiger partial charge is 0.410 e. The van der Waals surface area contributed by atoms with Crippen LogP contribution in [0.15, 0.2) is 54.7 Å². The van der Waals surface area contributed by atoms with Crippen molar-refractivity contribution in [1.29, 1.82) is 0 Å². The van der Waals surface area contributed by atoms with Crippen molar-refractivity contribution >= 4 is 29.7 Å². The summed E-state index contributed by atoms with van der Waals surface area (Å²) in [5.41, 5.74) is 0.868. The zero-order chi connectivity index (χ0) is 31.1. The van der Waals surface area contributed by atoms with Gasteiger partial charge in [0.05, 0.1) is 18.7 Å². The highest BCUT2D eigenvalue weighted by Gasteiger charge is 2.37. The van der Waals surface area contributed by atoms with Crippen molar-refractivity contribution in [2.24, 2.45) is 5.92 Å². The van der Waals surface area contributed by atoms with Crippen LogP contribution in [0.25, 0.3) is 0 Å². The number of carboxylic acid groups (broad SMARTS) is 1. The zero-order valence-corrected chi connectivity index (χ0v) is 25.0. The second-order valence-electron chi connectivity index (χ2n) is 11.4. The monoisotopic (exact) mass is 609 g/mol. The first-order valence-corrected chi connectivity index (χ1v) is 15.4. The topological polar surface area (TPSA) is 159 Å². The summed E-state index contributed by atoms with van der Waals surface area (Å²) in [7, 11) is 0. The van der Waals surface area contributed by atoms with Crippen molar-refractivity contribution < 1.29 is 33.8 Å². The van der Waals surface area contributed by atoms with Gasteiger partial charge in [-0.05, 0) is 42.9 Å². The van der Waals surface area contributed by atoms with Crippen LogP contribution in [-0.2, 0) is 30.5 Å². The molecule has 0 spiro atoms. The molecule has 1 aliphatic heterocycles. The summed E-state index contributed by atoms with van der Waals surface area (Å²) in [5, 5.41) is 17.9. The van der Waals surface area contributed by atoms with Crippen LogP contribution >= 0.6 is 0 Å². The van der Waals surface area contributed by atoms with Gasteiger partial charge >= 0.3 is 12.1 Å². The number of nitrogens with zero attached hydrogens (tertiary/aromatic N) is 2. The number of benzene rings is 1. The number of pyridine rings is 1. The Morgan fingerprint density at radius 3 is 2.43 bits per heavy atom. The van der Waals surface area contributed by atoms with Crippen molar-refractivity contribution in [3.63, 3.8) is 0 Å². The maximum Gasteiger partial charge on any atom is 0.410 e. The average molecular weight is 610 g/mol. The Morgan fingerprint density at radius 1 is 0.977 bits per heavy atom. The van der Waals surface area contributed by atoms with Gasteiger partial charge in [0.15, 0.2) is 0 Å². The standard InChI is InChI=1S/C32H43N5O7/c38-29(16-23-10-4-1-2-5-11-23)36-27(31(40)41)19-35-30(39)22-43-26-17-25(18-34-28-14-8-9-15-33-28)37(20-26)32(42)44-21-24-12-6-3-7-13-24/h3,6-9,12-15,23,25-27H,1-2,4-5,10-11,16-22H2,(H,33,34)(H,35,39)(H,36,38)(H,40,41). The van der Waals surface area contributed by atoms with Crippen molar-refractivity contribution in [3.8, 4) is 0 Å². The predicted molar refractivity (Wildman–Crippen MR) is 163 cm³/mol. The molecule has 4 N–H and O–H groups in total. The average Bonchev–Trinajstić information content (AvgIpc) is 3.27. The normalized spacial score (nSPS) is 19.4. The molecule has 1 aliphatic carbocycles. The van der Waals surface area contributed by atoms with Crippen molar-refractivity contribution in [2.75, 3.05) is 31.6 Å². The largest absolute Gasteiger partial charge is 0.480 e. The van der Waals surface area contributed by atoms with Gasteiger partial charge in [0, 0.05) is 25.7 Å². The van der Waals surface area contributed by atoms with Crippen LogP contribution in [0.1, 0.15) is 56.9 Å². The summed E-state index contributed by atoms with van der Waals surface area (Å²) in [5.74, 6) is -1.11. The van der Waals surface area contributed by atoms with Gasteiger partial charge in [0.2, 0.25) is 11.8 Å². The van der Waals surface area contributed by atoms with E-state index in [4.69, 9.17) is 9.47 Å². The van der Waals surface area contributed by atoms with Crippen LogP contribution in [0, 0.1) is 5.92 Å². The highest BCUT2D eigenvalue weighted by Crippen LogP contribution is 2.25. The molecular formula is C32H43N5O7. The summed E-state index contributed by atoms with van der Waals surface area (Å²) >= 11 is 0. The molecule has 4 rings (SSSR count). The SMILES string of the molecule is O=C(COC1CC(CNc2ccccn2)N(C(=O)OCc2ccccc2)C1)NCC(NC(=O)CC1CCCCCC1)C(=O)O. The van der Waals surface area contributed by atoms with Crippen LogP contribution in [0.5, 0.6) is 0 Å². The third-order valence-corrected chi connectivity index (χ3v) is 8.04. The Labute approximate surface area is 257 Å². The molecule has 238 valence electrons. The van der Waals surface area contributed by atoms with Crippen molar-refractivity contribution in [2.45, 2.75) is 76.2 Å². The van der Waals surface area contributed by atoms with Crippen molar-refractivity contribution in [1.82, 2.24) is 20.5 Å². The van der Waals surface area contributed by atoms with Crippen LogP contribution in [0.3, 0.4) is 0 Å². The number of nitrogens with one attached hydrogen (secondary N) is 3. The highest BCUT2D eigenvalue weighted by atomic mass is 16.6. The van der Waals surface area contributed by atoms with Crippen LogP contribution in [-0.4, -0.2) is 83.3 Å². The van der Waals surface area contributed by atoms with E-state index in [2.05, 4.69) is 20.9 Å². The highest BCUT2D eigenvalue weighted by molar-refractivity contribution is 5.85. The van der Waals surface area contributed by atoms with E-state index < -0.39 is 30.1 Å². The number of hydrogen-bond acceptors (Lipinski definition) is 8. The minimum atomic E-state index is -1.24. The molecule has 2 aromatic rings. The van der Waals surface area contributed by atoms with Gasteiger partial charge in [0.1, 0.15) is 25.1 Å². The number of hydrogen-bond donors (Lipinski definition) is 4. The maximum atomic E-state index is 13.0. The fraction of sp³-hybridized carbons (Fsp3) is 0.531. The van der Waals surface area contributed by atoms with E-state index in [0.717, 1.165) is 31.2 Å². The molecule has 0 radical (unpaired) electrons. The summed E-state index contributed by atoms with van der Waals surface area (Å²) in [6.45, 7) is 0.189. The van der Waals surface area contributed by atoms with Crippen molar-refractivity contribution in [3.05, 3.63) is 60.3 Å². The first-order valence-electron chi connectivity index (χ1n) is 15.4. The van der Waals surface area contributed by atoms with Gasteiger partial charge in [0.25, 0.3) is 0 Å². The Morgan fingerprint density at radius 2 is 1.73 bits per heavy atom. The first-order chi connectivity index (χ1) is 21.4. The number of carbonyl (C=O) groups excluding carboxylic acids is 3. The Balaban J connectivity index is 1.24. The minimum Gasteiger partial charge on any atom is -0.480 e. The van der Waals surface area contributed by atoms with E-state index in [-0.39, 0.29) is 44.2 Å². The van der Waals surface area contributed by atoms with Gasteiger partial charge in [-0.2, -0.15) is 0 Å². The zero-order valence-electron chi connectivity index (χ0n) is 25.0. The number of rotatable bonds is 14. The first kappa shape index (κ1) is 32.7. The molecule has 12 heteroatoms. The van der Waals surface area contributed by atoms with E-state index in [9.17, 15) is 24.3 Å². The maximum absolute atomic E-state index is 13.0. The lowest BCUT2D eigenvalue weighted by molar-refractivity contribution is -0.142.